The van der Waals surface area contributed by atoms with Crippen molar-refractivity contribution in [1.82, 2.24) is 5.32 Å². The van der Waals surface area contributed by atoms with Gasteiger partial charge in [0.1, 0.15) is 12.2 Å². The van der Waals surface area contributed by atoms with E-state index in [1.54, 1.807) is 13.8 Å². The predicted octanol–water partition coefficient (Wildman–Crippen LogP) is 5.45. The van der Waals surface area contributed by atoms with Gasteiger partial charge in [-0.05, 0) is 49.8 Å². The number of esters is 1. The monoisotopic (exact) mass is 423 g/mol. The Morgan fingerprint density at radius 1 is 1.27 bits per heavy atom. The molecule has 0 aromatic rings. The minimum atomic E-state index is -1.04. The highest BCUT2D eigenvalue weighted by Gasteiger charge is 2.49. The zero-order valence-electron chi connectivity index (χ0n) is 20.6. The predicted molar refractivity (Wildman–Crippen MR) is 124 cm³/mol. The van der Waals surface area contributed by atoms with Gasteiger partial charge in [-0.2, -0.15) is 0 Å². The Kier molecular flexibility index (Phi) is 13.1. The van der Waals surface area contributed by atoms with Crippen molar-refractivity contribution in [1.29, 1.82) is 0 Å². The molecule has 1 aliphatic carbocycles. The molecule has 2 aliphatic rings. The fourth-order valence-corrected chi connectivity index (χ4v) is 4.52. The van der Waals surface area contributed by atoms with Gasteiger partial charge in [0, 0.05) is 26.9 Å². The number of piperidine rings is 1. The van der Waals surface area contributed by atoms with Crippen LogP contribution in [-0.2, 0) is 19.1 Å². The maximum absolute atomic E-state index is 12.8. The first kappa shape index (κ1) is 28.5. The molecular weight excluding hydrogens is 378 g/mol. The summed E-state index contributed by atoms with van der Waals surface area (Å²) in [5.41, 5.74) is 2.51. The third-order valence-electron chi connectivity index (χ3n) is 5.95. The van der Waals surface area contributed by atoms with Gasteiger partial charge >= 0.3 is 5.97 Å². The van der Waals surface area contributed by atoms with E-state index < -0.39 is 17.7 Å². The van der Waals surface area contributed by atoms with Crippen LogP contribution in [0.2, 0.25) is 0 Å². The summed E-state index contributed by atoms with van der Waals surface area (Å²) in [6.07, 6.45) is 7.42. The van der Waals surface area contributed by atoms with E-state index in [9.17, 15) is 9.59 Å². The molecule has 0 amide bonds. The van der Waals surface area contributed by atoms with Crippen molar-refractivity contribution >= 4 is 12.3 Å². The lowest BCUT2D eigenvalue weighted by Crippen LogP contribution is -2.39. The van der Waals surface area contributed by atoms with Crippen molar-refractivity contribution in [2.24, 2.45) is 17.3 Å². The number of hydrogen-bond acceptors (Lipinski definition) is 5. The first-order valence-corrected chi connectivity index (χ1v) is 11.6. The Hall–Kier alpha value is -1.46. The highest BCUT2D eigenvalue weighted by molar-refractivity contribution is 5.89. The fraction of sp³-hybridized carbons (Fsp3) is 0.760. The van der Waals surface area contributed by atoms with E-state index in [1.165, 1.54) is 18.3 Å². The van der Waals surface area contributed by atoms with E-state index >= 15 is 0 Å². The smallest absolute Gasteiger partial charge is 0.319 e. The largest absolute Gasteiger partial charge is 0.433 e. The number of nitrogens with one attached hydrogen (secondary N) is 1. The number of ether oxygens (including phenoxy) is 2. The Balaban J connectivity index is 0.00000198. The molecule has 0 saturated carbocycles. The zero-order valence-corrected chi connectivity index (χ0v) is 20.6. The molecule has 5 nitrogen and oxygen atoms in total. The number of hydrogen-bond donors (Lipinski definition) is 1. The van der Waals surface area contributed by atoms with Crippen LogP contribution in [0.15, 0.2) is 23.8 Å². The second-order valence-electron chi connectivity index (χ2n) is 7.92. The number of carbonyl (C=O) groups is 2. The van der Waals surface area contributed by atoms with Crippen LogP contribution in [0.5, 0.6) is 0 Å². The van der Waals surface area contributed by atoms with Gasteiger partial charge in [0.2, 0.25) is 5.79 Å². The highest BCUT2D eigenvalue weighted by Crippen LogP contribution is 2.55. The molecular formula is C25H45NO4. The van der Waals surface area contributed by atoms with Gasteiger partial charge in [0.15, 0.2) is 0 Å². The van der Waals surface area contributed by atoms with E-state index in [4.69, 9.17) is 9.47 Å². The number of methoxy groups -OCH3 is 1. The number of rotatable bonds is 8. The van der Waals surface area contributed by atoms with E-state index in [0.29, 0.717) is 0 Å². The fourth-order valence-electron chi connectivity index (χ4n) is 4.52. The normalized spacial score (nSPS) is 21.0. The Bertz CT molecular complexity index is 574. The van der Waals surface area contributed by atoms with E-state index in [0.717, 1.165) is 51.5 Å². The second kappa shape index (κ2) is 13.8. The maximum Gasteiger partial charge on any atom is 0.319 e. The molecule has 0 bridgehead atoms. The summed E-state index contributed by atoms with van der Waals surface area (Å²) in [6, 6.07) is 0. The summed E-state index contributed by atoms with van der Waals surface area (Å²) in [4.78, 5) is 24.7. The molecule has 30 heavy (non-hydrogen) atoms. The molecule has 1 N–H and O–H groups in total. The van der Waals surface area contributed by atoms with Crippen LogP contribution in [0.1, 0.15) is 80.6 Å². The number of carbonyl (C=O) groups excluding carboxylic acids is 2. The average molecular weight is 424 g/mol. The van der Waals surface area contributed by atoms with Gasteiger partial charge in [0.05, 0.1) is 0 Å². The van der Waals surface area contributed by atoms with Crippen molar-refractivity contribution < 1.29 is 19.1 Å². The SMILES string of the molecule is C=CC1=C(CCC)C(C(C=O)C(=O)OC(C)(C)OC)CC12CCNCC2.CC.CC. The van der Waals surface area contributed by atoms with Crippen molar-refractivity contribution in [3.63, 3.8) is 0 Å². The van der Waals surface area contributed by atoms with Crippen LogP contribution < -0.4 is 5.32 Å². The number of allylic oxidation sites excluding steroid dienone is 3. The molecule has 1 fully saturated rings. The Labute approximate surface area is 184 Å². The molecule has 2 rings (SSSR count). The Morgan fingerprint density at radius 3 is 2.27 bits per heavy atom. The maximum atomic E-state index is 12.8. The van der Waals surface area contributed by atoms with Crippen LogP contribution >= 0.6 is 0 Å². The zero-order chi connectivity index (χ0) is 23.4. The summed E-state index contributed by atoms with van der Waals surface area (Å²) in [5.74, 6) is -2.45. The summed E-state index contributed by atoms with van der Waals surface area (Å²) in [6.45, 7) is 19.4. The van der Waals surface area contributed by atoms with Gasteiger partial charge in [-0.1, -0.05) is 59.3 Å². The van der Waals surface area contributed by atoms with Gasteiger partial charge in [-0.25, -0.2) is 0 Å². The topological polar surface area (TPSA) is 64.6 Å². The average Bonchev–Trinajstić information content (AvgIpc) is 3.04. The van der Waals surface area contributed by atoms with Gasteiger partial charge in [-0.3, -0.25) is 4.79 Å². The van der Waals surface area contributed by atoms with Gasteiger partial charge in [0.25, 0.3) is 0 Å². The van der Waals surface area contributed by atoms with Crippen molar-refractivity contribution in [3.8, 4) is 0 Å². The van der Waals surface area contributed by atoms with Gasteiger partial charge < -0.3 is 19.6 Å². The molecule has 5 heteroatoms. The summed E-state index contributed by atoms with van der Waals surface area (Å²) < 4.78 is 10.7. The highest BCUT2D eigenvalue weighted by atomic mass is 16.7. The van der Waals surface area contributed by atoms with Crippen molar-refractivity contribution in [2.45, 2.75) is 86.4 Å². The van der Waals surface area contributed by atoms with Crippen LogP contribution in [-0.4, -0.2) is 38.2 Å². The molecule has 174 valence electrons. The minimum Gasteiger partial charge on any atom is -0.433 e. The Morgan fingerprint density at radius 2 is 1.83 bits per heavy atom. The standard InChI is InChI=1S/C21H33NO4.2C2H6/c1-6-8-15-16(17(14-23)19(24)26-20(3,4)25-5)13-21(18(15)7-2)9-11-22-12-10-21;2*1-2/h7,14,16-17,22H,2,6,8-13H2,1,3-5H3;2*1-2H3. The first-order valence-electron chi connectivity index (χ1n) is 11.6. The molecule has 0 aromatic heterocycles. The van der Waals surface area contributed by atoms with E-state index in [2.05, 4.69) is 18.8 Å². The quantitative estimate of drug-likeness (QED) is 0.243. The van der Waals surface area contributed by atoms with Gasteiger partial charge in [-0.15, -0.1) is 0 Å². The minimum absolute atomic E-state index is 0.0283. The van der Waals surface area contributed by atoms with Crippen molar-refractivity contribution in [2.75, 3.05) is 20.2 Å². The second-order valence-corrected chi connectivity index (χ2v) is 7.92. The molecule has 2 unspecified atom stereocenters. The first-order chi connectivity index (χ1) is 14.3. The lowest BCUT2D eigenvalue weighted by Gasteiger charge is -2.36. The molecule has 0 radical (unpaired) electrons. The molecule has 1 spiro atoms. The molecule has 1 saturated heterocycles. The third kappa shape index (κ3) is 6.78. The van der Waals surface area contributed by atoms with Crippen molar-refractivity contribution in [3.05, 3.63) is 23.8 Å². The lowest BCUT2D eigenvalue weighted by atomic mass is 9.72. The molecule has 1 heterocycles. The summed E-state index contributed by atoms with van der Waals surface area (Å²) in [5, 5.41) is 3.41. The molecule has 0 aromatic carbocycles. The van der Waals surface area contributed by atoms with Crippen LogP contribution in [0.25, 0.3) is 0 Å². The van der Waals surface area contributed by atoms with E-state index in [1.807, 2.05) is 33.8 Å². The van der Waals surface area contributed by atoms with Crippen LogP contribution in [0, 0.1) is 17.3 Å². The van der Waals surface area contributed by atoms with E-state index in [-0.39, 0.29) is 11.3 Å². The summed E-state index contributed by atoms with van der Waals surface area (Å²) in [7, 11) is 1.49. The molecule has 1 aliphatic heterocycles. The van der Waals surface area contributed by atoms with Crippen LogP contribution in [0.4, 0.5) is 0 Å². The molecule has 2 atom stereocenters. The summed E-state index contributed by atoms with van der Waals surface area (Å²) >= 11 is 0. The lowest BCUT2D eigenvalue weighted by molar-refractivity contribution is -0.210. The van der Waals surface area contributed by atoms with Crippen LogP contribution in [0.3, 0.4) is 0 Å². The number of aldehydes is 1. The third-order valence-corrected chi connectivity index (χ3v) is 5.95.